The average Bonchev–Trinajstić information content (AvgIpc) is 2.35. The van der Waals surface area contributed by atoms with Crippen LogP contribution in [0.2, 0.25) is 0 Å². The Balaban J connectivity index is 3.07. The van der Waals surface area contributed by atoms with Gasteiger partial charge in [-0.05, 0) is 43.9 Å². The fraction of sp³-hybridized carbons (Fsp3) is 0.467. The van der Waals surface area contributed by atoms with Crippen molar-refractivity contribution in [2.45, 2.75) is 40.5 Å². The van der Waals surface area contributed by atoms with E-state index in [4.69, 9.17) is 18.0 Å². The van der Waals surface area contributed by atoms with Crippen LogP contribution in [0.4, 0.5) is 5.69 Å². The van der Waals surface area contributed by atoms with Gasteiger partial charge in [0, 0.05) is 5.69 Å². The van der Waals surface area contributed by atoms with E-state index in [9.17, 15) is 4.79 Å². The molecule has 1 rings (SSSR count). The first kappa shape index (κ1) is 15.6. The molecule has 0 atom stereocenters. The molecule has 0 aliphatic heterocycles. The molecule has 0 aromatic heterocycles. The predicted molar refractivity (Wildman–Crippen MR) is 84.3 cm³/mol. The van der Waals surface area contributed by atoms with Crippen LogP contribution in [0.5, 0.6) is 0 Å². The predicted octanol–water partition coefficient (Wildman–Crippen LogP) is 3.33. The first-order chi connectivity index (χ1) is 8.87. The van der Waals surface area contributed by atoms with E-state index in [-0.39, 0.29) is 10.9 Å². The molecule has 1 aromatic carbocycles. The summed E-state index contributed by atoms with van der Waals surface area (Å²) in [6.45, 7) is 7.83. The summed E-state index contributed by atoms with van der Waals surface area (Å²) >= 11 is 5.10. The number of carbonyl (C=O) groups excluding carboxylic acids is 1. The van der Waals surface area contributed by atoms with E-state index in [0.29, 0.717) is 12.8 Å². The van der Waals surface area contributed by atoms with Crippen LogP contribution in [0.3, 0.4) is 0 Å². The summed E-state index contributed by atoms with van der Waals surface area (Å²) in [5, 5.41) is 2.97. The molecule has 19 heavy (non-hydrogen) atoms. The van der Waals surface area contributed by atoms with E-state index >= 15 is 0 Å². The highest BCUT2D eigenvalue weighted by atomic mass is 32.1. The summed E-state index contributed by atoms with van der Waals surface area (Å²) in [4.78, 5) is 12.8. The molecule has 1 aromatic rings. The normalized spacial score (nSPS) is 11.2. The number of aryl methyl sites for hydroxylation is 2. The van der Waals surface area contributed by atoms with Crippen molar-refractivity contribution in [2.75, 3.05) is 5.32 Å². The van der Waals surface area contributed by atoms with Gasteiger partial charge >= 0.3 is 0 Å². The van der Waals surface area contributed by atoms with Gasteiger partial charge in [-0.2, -0.15) is 0 Å². The van der Waals surface area contributed by atoms with Crippen molar-refractivity contribution in [3.05, 3.63) is 29.3 Å². The molecule has 0 aliphatic carbocycles. The Morgan fingerprint density at radius 3 is 2.37 bits per heavy atom. The summed E-state index contributed by atoms with van der Waals surface area (Å²) in [7, 11) is 0. The number of thiocarbonyl (C=S) groups is 1. The number of amides is 1. The molecule has 0 fully saturated rings. The molecule has 104 valence electrons. The number of anilines is 1. The molecule has 0 spiro atoms. The molecule has 0 unspecified atom stereocenters. The third-order valence-electron chi connectivity index (χ3n) is 3.75. The van der Waals surface area contributed by atoms with E-state index in [1.807, 2.05) is 45.9 Å². The Kier molecular flexibility index (Phi) is 5.06. The van der Waals surface area contributed by atoms with Gasteiger partial charge < -0.3 is 11.1 Å². The number of carbonyl (C=O) groups is 1. The van der Waals surface area contributed by atoms with Crippen molar-refractivity contribution in [3.8, 4) is 0 Å². The number of nitrogens with two attached hydrogens (primary N) is 1. The third-order valence-corrected chi connectivity index (χ3v) is 4.15. The van der Waals surface area contributed by atoms with Gasteiger partial charge in [-0.15, -0.1) is 0 Å². The second-order valence-electron chi connectivity index (χ2n) is 4.93. The lowest BCUT2D eigenvalue weighted by Gasteiger charge is -2.29. The van der Waals surface area contributed by atoms with Crippen LogP contribution in [0.25, 0.3) is 0 Å². The lowest BCUT2D eigenvalue weighted by molar-refractivity contribution is -0.122. The van der Waals surface area contributed by atoms with Gasteiger partial charge in [0.2, 0.25) is 5.91 Å². The van der Waals surface area contributed by atoms with Crippen LogP contribution in [0.15, 0.2) is 18.2 Å². The molecule has 3 N–H and O–H groups in total. The maximum atomic E-state index is 12.5. The molecule has 0 heterocycles. The molecule has 0 radical (unpaired) electrons. The summed E-state index contributed by atoms with van der Waals surface area (Å²) in [5.41, 5.74) is 7.99. The van der Waals surface area contributed by atoms with Crippen LogP contribution in [-0.2, 0) is 4.79 Å². The summed E-state index contributed by atoms with van der Waals surface area (Å²) < 4.78 is 0. The van der Waals surface area contributed by atoms with E-state index in [0.717, 1.165) is 16.8 Å². The Morgan fingerprint density at radius 2 is 1.89 bits per heavy atom. The third kappa shape index (κ3) is 3.13. The van der Waals surface area contributed by atoms with Crippen LogP contribution in [0.1, 0.15) is 37.8 Å². The highest BCUT2D eigenvalue weighted by Gasteiger charge is 2.38. The molecule has 0 bridgehead atoms. The van der Waals surface area contributed by atoms with Crippen LogP contribution in [0, 0.1) is 19.3 Å². The van der Waals surface area contributed by atoms with Gasteiger partial charge in [0.25, 0.3) is 0 Å². The highest BCUT2D eigenvalue weighted by molar-refractivity contribution is 7.80. The summed E-state index contributed by atoms with van der Waals surface area (Å²) in [5.74, 6) is -0.112. The number of rotatable bonds is 5. The van der Waals surface area contributed by atoms with Crippen LogP contribution in [-0.4, -0.2) is 10.9 Å². The van der Waals surface area contributed by atoms with Gasteiger partial charge in [-0.25, -0.2) is 0 Å². The minimum atomic E-state index is -0.758. The monoisotopic (exact) mass is 278 g/mol. The Morgan fingerprint density at radius 1 is 1.32 bits per heavy atom. The minimum absolute atomic E-state index is 0.112. The van der Waals surface area contributed by atoms with Crippen molar-refractivity contribution in [2.24, 2.45) is 11.1 Å². The smallest absolute Gasteiger partial charge is 0.237 e. The Hall–Kier alpha value is -1.42. The van der Waals surface area contributed by atoms with Gasteiger partial charge in [0.15, 0.2) is 0 Å². The van der Waals surface area contributed by atoms with E-state index in [1.165, 1.54) is 0 Å². The second-order valence-corrected chi connectivity index (χ2v) is 5.37. The summed E-state index contributed by atoms with van der Waals surface area (Å²) in [6.07, 6.45) is 1.21. The van der Waals surface area contributed by atoms with Crippen molar-refractivity contribution in [3.63, 3.8) is 0 Å². The Bertz CT molecular complexity index is 493. The topological polar surface area (TPSA) is 55.1 Å². The molecular formula is C15H22N2OS. The van der Waals surface area contributed by atoms with Crippen molar-refractivity contribution in [1.29, 1.82) is 0 Å². The molecule has 1 amide bonds. The lowest BCUT2D eigenvalue weighted by atomic mass is 9.81. The number of nitrogens with one attached hydrogen (secondary N) is 1. The van der Waals surface area contributed by atoms with E-state index in [1.54, 1.807) is 0 Å². The van der Waals surface area contributed by atoms with Gasteiger partial charge in [0.05, 0.1) is 10.4 Å². The van der Waals surface area contributed by atoms with Crippen LogP contribution >= 0.6 is 12.2 Å². The zero-order valence-electron chi connectivity index (χ0n) is 12.0. The van der Waals surface area contributed by atoms with Gasteiger partial charge in [-0.1, -0.05) is 38.2 Å². The minimum Gasteiger partial charge on any atom is -0.392 e. The fourth-order valence-electron chi connectivity index (χ4n) is 2.14. The standard InChI is InChI=1S/C15H22N2OS/c1-5-15(6-2,13(16)19)14(18)17-12-9-10(3)7-8-11(12)4/h7-9H,5-6H2,1-4H3,(H2,16,19)(H,17,18). The zero-order chi connectivity index (χ0) is 14.6. The SMILES string of the molecule is CCC(CC)(C(=O)Nc1cc(C)ccc1C)C(N)=S. The number of hydrogen-bond donors (Lipinski definition) is 2. The maximum Gasteiger partial charge on any atom is 0.237 e. The van der Waals surface area contributed by atoms with Gasteiger partial charge in [-0.3, -0.25) is 4.79 Å². The molecule has 0 saturated carbocycles. The van der Waals surface area contributed by atoms with E-state index < -0.39 is 5.41 Å². The maximum absolute atomic E-state index is 12.5. The molecule has 3 nitrogen and oxygen atoms in total. The molecule has 0 saturated heterocycles. The number of hydrogen-bond acceptors (Lipinski definition) is 2. The van der Waals surface area contributed by atoms with E-state index in [2.05, 4.69) is 5.32 Å². The molecule has 4 heteroatoms. The molecule has 0 aliphatic rings. The zero-order valence-corrected chi connectivity index (χ0v) is 12.9. The largest absolute Gasteiger partial charge is 0.392 e. The summed E-state index contributed by atoms with van der Waals surface area (Å²) in [6, 6.07) is 5.97. The number of benzene rings is 1. The first-order valence-corrected chi connectivity index (χ1v) is 6.96. The van der Waals surface area contributed by atoms with Crippen molar-refractivity contribution < 1.29 is 4.79 Å². The second kappa shape index (κ2) is 6.15. The fourth-order valence-corrected chi connectivity index (χ4v) is 2.53. The highest BCUT2D eigenvalue weighted by Crippen LogP contribution is 2.29. The Labute approximate surface area is 120 Å². The average molecular weight is 278 g/mol. The lowest BCUT2D eigenvalue weighted by Crippen LogP contribution is -2.45. The first-order valence-electron chi connectivity index (χ1n) is 6.56. The van der Waals surface area contributed by atoms with Crippen molar-refractivity contribution >= 4 is 28.8 Å². The quantitative estimate of drug-likeness (QED) is 0.812. The molecular weight excluding hydrogens is 256 g/mol. The van der Waals surface area contributed by atoms with Gasteiger partial charge in [0.1, 0.15) is 0 Å². The van der Waals surface area contributed by atoms with Crippen molar-refractivity contribution in [1.82, 2.24) is 0 Å². The van der Waals surface area contributed by atoms with Crippen LogP contribution < -0.4 is 11.1 Å².